The second-order valence-corrected chi connectivity index (χ2v) is 7.66. The zero-order valence-corrected chi connectivity index (χ0v) is 15.1. The van der Waals surface area contributed by atoms with Crippen LogP contribution in [0.2, 0.25) is 0 Å². The molecule has 0 aliphatic heterocycles. The van der Waals surface area contributed by atoms with E-state index in [0.29, 0.717) is 17.1 Å². The predicted octanol–water partition coefficient (Wildman–Crippen LogP) is 3.14. The van der Waals surface area contributed by atoms with Crippen LogP contribution in [0.15, 0.2) is 59.8 Å². The third kappa shape index (κ3) is 2.84. The number of aromatic amines is 1. The molecule has 0 unspecified atom stereocenters. The molecule has 4 rings (SSSR count). The summed E-state index contributed by atoms with van der Waals surface area (Å²) < 4.78 is 29.9. The number of sulfonamides is 1. The fourth-order valence-electron chi connectivity index (χ4n) is 2.96. The van der Waals surface area contributed by atoms with Gasteiger partial charge in [-0.05, 0) is 38.1 Å². The van der Waals surface area contributed by atoms with E-state index in [9.17, 15) is 8.42 Å². The number of H-pyrrole nitrogens is 1. The van der Waals surface area contributed by atoms with E-state index in [2.05, 4.69) is 19.9 Å². The van der Waals surface area contributed by atoms with E-state index in [1.54, 1.807) is 32.0 Å². The quantitative estimate of drug-likeness (QED) is 0.580. The van der Waals surface area contributed by atoms with Crippen molar-refractivity contribution in [3.8, 4) is 11.3 Å². The van der Waals surface area contributed by atoms with Gasteiger partial charge in [-0.2, -0.15) is 5.10 Å². The topological polar surface area (TPSA) is 92.1 Å². The molecule has 4 aromatic rings. The van der Waals surface area contributed by atoms with Crippen LogP contribution in [0.3, 0.4) is 0 Å². The molecular formula is C18H17N5O2S. The largest absolute Gasteiger partial charge is 0.306 e. The molecule has 8 heteroatoms. The van der Waals surface area contributed by atoms with Crippen molar-refractivity contribution < 1.29 is 8.42 Å². The summed E-state index contributed by atoms with van der Waals surface area (Å²) >= 11 is 0. The molecule has 3 aromatic heterocycles. The number of pyridine rings is 1. The summed E-state index contributed by atoms with van der Waals surface area (Å²) in [6.07, 6.45) is 3.83. The van der Waals surface area contributed by atoms with Gasteiger partial charge in [-0.1, -0.05) is 18.2 Å². The lowest BCUT2D eigenvalue weighted by atomic mass is 10.1. The third-order valence-electron chi connectivity index (χ3n) is 4.10. The van der Waals surface area contributed by atoms with Gasteiger partial charge < -0.3 is 4.40 Å². The van der Waals surface area contributed by atoms with E-state index >= 15 is 0 Å². The molecule has 0 atom stereocenters. The van der Waals surface area contributed by atoms with Crippen LogP contribution < -0.4 is 4.72 Å². The lowest BCUT2D eigenvalue weighted by Gasteiger charge is -2.09. The predicted molar refractivity (Wildman–Crippen MR) is 99.5 cm³/mol. The molecule has 0 spiro atoms. The fraction of sp³-hybridized carbons (Fsp3) is 0.111. The van der Waals surface area contributed by atoms with Gasteiger partial charge in [-0.3, -0.25) is 9.82 Å². The Morgan fingerprint density at radius 1 is 1.12 bits per heavy atom. The second-order valence-electron chi connectivity index (χ2n) is 6.04. The Kier molecular flexibility index (Phi) is 3.77. The summed E-state index contributed by atoms with van der Waals surface area (Å²) in [6.45, 7) is 3.34. The molecule has 26 heavy (non-hydrogen) atoms. The Balaban J connectivity index is 1.70. The van der Waals surface area contributed by atoms with Crippen LogP contribution >= 0.6 is 0 Å². The minimum absolute atomic E-state index is 0.177. The Morgan fingerprint density at radius 3 is 2.69 bits per heavy atom. The number of hydrogen-bond donors (Lipinski definition) is 2. The lowest BCUT2D eigenvalue weighted by Crippen LogP contribution is -2.14. The van der Waals surface area contributed by atoms with Crippen molar-refractivity contribution >= 4 is 21.4 Å². The molecule has 2 N–H and O–H groups in total. The summed E-state index contributed by atoms with van der Waals surface area (Å²) in [5.74, 6) is 0. The van der Waals surface area contributed by atoms with Gasteiger partial charge in [0.15, 0.2) is 0 Å². The summed E-state index contributed by atoms with van der Waals surface area (Å²) in [6, 6.07) is 12.9. The highest BCUT2D eigenvalue weighted by atomic mass is 32.2. The first-order chi connectivity index (χ1) is 12.4. The first-order valence-corrected chi connectivity index (χ1v) is 9.51. The van der Waals surface area contributed by atoms with Gasteiger partial charge in [-0.25, -0.2) is 13.4 Å². The van der Waals surface area contributed by atoms with E-state index in [-0.39, 0.29) is 4.90 Å². The van der Waals surface area contributed by atoms with E-state index in [4.69, 9.17) is 0 Å². The number of imidazole rings is 1. The summed E-state index contributed by atoms with van der Waals surface area (Å²) in [4.78, 5) is 4.75. The summed E-state index contributed by atoms with van der Waals surface area (Å²) in [5.41, 5.74) is 3.85. The highest BCUT2D eigenvalue weighted by Gasteiger charge is 2.22. The monoisotopic (exact) mass is 367 g/mol. The maximum Gasteiger partial charge on any atom is 0.265 e. The highest BCUT2D eigenvalue weighted by molar-refractivity contribution is 7.92. The first kappa shape index (κ1) is 16.3. The van der Waals surface area contributed by atoms with Crippen molar-refractivity contribution in [3.05, 3.63) is 66.2 Å². The molecule has 7 nitrogen and oxygen atoms in total. The molecule has 0 saturated carbocycles. The molecule has 3 heterocycles. The number of anilines is 1. The Morgan fingerprint density at radius 2 is 1.96 bits per heavy atom. The standard InChI is InChI=1S/C18H17N5O2S/c1-12-18(13(2)21-20-12)26(24,25)22-15-7-5-6-14(10-15)16-11-23-9-4-3-8-17(23)19-16/h3-11,22H,1-2H3,(H,20,21). The van der Waals surface area contributed by atoms with Crippen LogP contribution in [0.1, 0.15) is 11.4 Å². The highest BCUT2D eigenvalue weighted by Crippen LogP contribution is 2.25. The van der Waals surface area contributed by atoms with E-state index < -0.39 is 10.0 Å². The molecular weight excluding hydrogens is 350 g/mol. The maximum atomic E-state index is 12.7. The van der Waals surface area contributed by atoms with Crippen molar-refractivity contribution in [3.63, 3.8) is 0 Å². The number of nitrogens with one attached hydrogen (secondary N) is 2. The summed E-state index contributed by atoms with van der Waals surface area (Å²) in [5, 5.41) is 6.66. The molecule has 0 amide bonds. The van der Waals surface area contributed by atoms with Crippen LogP contribution in [-0.4, -0.2) is 28.0 Å². The van der Waals surface area contributed by atoms with Crippen LogP contribution in [-0.2, 0) is 10.0 Å². The zero-order valence-electron chi connectivity index (χ0n) is 14.3. The average molecular weight is 367 g/mol. The second kappa shape index (κ2) is 5.99. The van der Waals surface area contributed by atoms with Crippen molar-refractivity contribution in [2.75, 3.05) is 4.72 Å². The summed E-state index contributed by atoms with van der Waals surface area (Å²) in [7, 11) is -3.72. The van der Waals surface area contributed by atoms with Gasteiger partial charge >= 0.3 is 0 Å². The molecule has 0 saturated heterocycles. The Hall–Kier alpha value is -3.13. The van der Waals surface area contributed by atoms with Crippen molar-refractivity contribution in [2.45, 2.75) is 18.7 Å². The minimum atomic E-state index is -3.72. The number of rotatable bonds is 4. The van der Waals surface area contributed by atoms with Gasteiger partial charge in [0.1, 0.15) is 10.5 Å². The van der Waals surface area contributed by atoms with E-state index in [0.717, 1.165) is 16.9 Å². The molecule has 0 aliphatic rings. The van der Waals surface area contributed by atoms with E-state index in [1.165, 1.54) is 0 Å². The number of aryl methyl sites for hydroxylation is 2. The van der Waals surface area contributed by atoms with Crippen LogP contribution in [0.4, 0.5) is 5.69 Å². The minimum Gasteiger partial charge on any atom is -0.306 e. The van der Waals surface area contributed by atoms with Gasteiger partial charge in [0.2, 0.25) is 0 Å². The lowest BCUT2D eigenvalue weighted by molar-refractivity contribution is 0.600. The number of fused-ring (bicyclic) bond motifs is 1. The zero-order chi connectivity index (χ0) is 18.3. The van der Waals surface area contributed by atoms with E-state index in [1.807, 2.05) is 41.1 Å². The number of aromatic nitrogens is 4. The first-order valence-electron chi connectivity index (χ1n) is 8.02. The number of hydrogen-bond acceptors (Lipinski definition) is 4. The van der Waals surface area contributed by atoms with Crippen molar-refractivity contribution in [2.24, 2.45) is 0 Å². The maximum absolute atomic E-state index is 12.7. The molecule has 0 radical (unpaired) electrons. The number of benzene rings is 1. The van der Waals surface area contributed by atoms with Gasteiger partial charge in [-0.15, -0.1) is 0 Å². The third-order valence-corrected chi connectivity index (χ3v) is 5.75. The van der Waals surface area contributed by atoms with Crippen molar-refractivity contribution in [1.82, 2.24) is 19.6 Å². The Bertz CT molecular complexity index is 1150. The van der Waals surface area contributed by atoms with Crippen LogP contribution in [0.5, 0.6) is 0 Å². The van der Waals surface area contributed by atoms with Crippen LogP contribution in [0.25, 0.3) is 16.9 Å². The van der Waals surface area contributed by atoms with Gasteiger partial charge in [0.25, 0.3) is 10.0 Å². The molecule has 132 valence electrons. The fourth-order valence-corrected chi connectivity index (χ4v) is 4.38. The van der Waals surface area contributed by atoms with Gasteiger partial charge in [0, 0.05) is 23.6 Å². The average Bonchev–Trinajstić information content (AvgIpc) is 3.18. The van der Waals surface area contributed by atoms with Crippen molar-refractivity contribution in [1.29, 1.82) is 0 Å². The van der Waals surface area contributed by atoms with Crippen LogP contribution in [0, 0.1) is 13.8 Å². The molecule has 1 aromatic carbocycles. The molecule has 0 aliphatic carbocycles. The van der Waals surface area contributed by atoms with Gasteiger partial charge in [0.05, 0.1) is 17.1 Å². The normalized spacial score (nSPS) is 11.8. The smallest absolute Gasteiger partial charge is 0.265 e. The Labute approximate surface area is 150 Å². The SMILES string of the molecule is Cc1n[nH]c(C)c1S(=O)(=O)Nc1cccc(-c2cn3ccccc3n2)c1. The number of nitrogens with zero attached hydrogens (tertiary/aromatic N) is 3. The molecule has 0 bridgehead atoms. The molecule has 0 fully saturated rings.